The van der Waals surface area contributed by atoms with Gasteiger partial charge in [0, 0.05) is 23.7 Å². The molecule has 5 rings (SSSR count). The van der Waals surface area contributed by atoms with Crippen LogP contribution in [0.25, 0.3) is 17.2 Å². The molecule has 0 unspecified atom stereocenters. The number of nitrogens with two attached hydrogens (primary N) is 1. The Morgan fingerprint density at radius 3 is 2.81 bits per heavy atom. The Balaban J connectivity index is 1.39. The molecule has 2 heterocycles. The highest BCUT2D eigenvalue weighted by molar-refractivity contribution is 5.75. The molecule has 7 atom stereocenters. The molecule has 0 radical (unpaired) electrons. The van der Waals surface area contributed by atoms with Crippen LogP contribution in [0.2, 0.25) is 0 Å². The molecule has 2 aliphatic carbocycles. The molecule has 1 aliphatic heterocycles. The second-order valence-corrected chi connectivity index (χ2v) is 9.48. The predicted octanol–water partition coefficient (Wildman–Crippen LogP) is 4.84. The maximum Gasteiger partial charge on any atom is 0.309 e. The van der Waals surface area contributed by atoms with Crippen LogP contribution in [0.4, 0.5) is 4.39 Å². The molecule has 1 aromatic heterocycles. The molecule has 2 aromatic rings. The van der Waals surface area contributed by atoms with Gasteiger partial charge >= 0.3 is 5.97 Å². The van der Waals surface area contributed by atoms with Gasteiger partial charge in [-0.05, 0) is 80.2 Å². The van der Waals surface area contributed by atoms with Gasteiger partial charge in [-0.15, -0.1) is 0 Å². The van der Waals surface area contributed by atoms with Crippen LogP contribution < -0.4 is 5.73 Å². The van der Waals surface area contributed by atoms with Crippen LogP contribution in [0.3, 0.4) is 0 Å². The number of ether oxygens (including phenoxy) is 1. The minimum atomic E-state index is -0.252. The van der Waals surface area contributed by atoms with E-state index in [9.17, 15) is 9.18 Å². The zero-order chi connectivity index (χ0) is 21.5. The first-order valence-electron chi connectivity index (χ1n) is 11.4. The van der Waals surface area contributed by atoms with E-state index in [1.807, 2.05) is 25.1 Å². The van der Waals surface area contributed by atoms with E-state index in [4.69, 9.17) is 10.5 Å². The van der Waals surface area contributed by atoms with E-state index in [2.05, 4.69) is 17.1 Å². The Morgan fingerprint density at radius 2 is 2.03 bits per heavy atom. The molecule has 1 aromatic carbocycles. The molecule has 3 fully saturated rings. The zero-order valence-corrected chi connectivity index (χ0v) is 17.8. The summed E-state index contributed by atoms with van der Waals surface area (Å²) in [6, 6.07) is 10.7. The number of hydrogen-bond acceptors (Lipinski definition) is 4. The van der Waals surface area contributed by atoms with E-state index in [1.165, 1.54) is 12.1 Å². The molecule has 0 spiro atoms. The van der Waals surface area contributed by atoms with Crippen molar-refractivity contribution in [2.75, 3.05) is 0 Å². The second kappa shape index (κ2) is 8.19. The molecule has 2 N–H and O–H groups in total. The minimum absolute atomic E-state index is 0.0143. The highest BCUT2D eigenvalue weighted by Crippen LogP contribution is 2.53. The lowest BCUT2D eigenvalue weighted by Gasteiger charge is -2.47. The maximum absolute atomic E-state index is 13.5. The number of hydrogen-bond donors (Lipinski definition) is 1. The fraction of sp³-hybridized carbons (Fsp3) is 0.462. The lowest BCUT2D eigenvalue weighted by molar-refractivity contribution is -0.144. The molecular weight excluding hydrogens is 391 g/mol. The summed E-state index contributed by atoms with van der Waals surface area (Å²) in [5, 5.41) is 0. The molecule has 2 saturated carbocycles. The first kappa shape index (κ1) is 20.4. The Bertz CT molecular complexity index is 989. The molecule has 3 aliphatic rings. The lowest BCUT2D eigenvalue weighted by Crippen LogP contribution is -2.46. The molecule has 0 bridgehead atoms. The number of allylic oxidation sites excluding steroid dienone is 1. The number of rotatable bonds is 3. The number of carbonyl (C=O) groups is 1. The molecule has 0 amide bonds. The van der Waals surface area contributed by atoms with Gasteiger partial charge in [-0.25, -0.2) is 4.39 Å². The number of fused-ring (bicyclic) bond motifs is 2. The molecule has 162 valence electrons. The number of aromatic nitrogens is 1. The van der Waals surface area contributed by atoms with Gasteiger partial charge in [0.15, 0.2) is 0 Å². The summed E-state index contributed by atoms with van der Waals surface area (Å²) >= 11 is 0. The van der Waals surface area contributed by atoms with E-state index in [0.29, 0.717) is 17.8 Å². The summed E-state index contributed by atoms with van der Waals surface area (Å²) in [7, 11) is 0. The average Bonchev–Trinajstić information content (AvgIpc) is 3.04. The summed E-state index contributed by atoms with van der Waals surface area (Å²) < 4.78 is 19.2. The van der Waals surface area contributed by atoms with E-state index in [1.54, 1.807) is 12.3 Å². The third kappa shape index (κ3) is 3.91. The topological polar surface area (TPSA) is 65.2 Å². The van der Waals surface area contributed by atoms with Crippen molar-refractivity contribution in [3.8, 4) is 11.1 Å². The number of pyridine rings is 1. The van der Waals surface area contributed by atoms with Crippen molar-refractivity contribution in [2.45, 2.75) is 44.8 Å². The van der Waals surface area contributed by atoms with Crippen LogP contribution in [0, 0.1) is 35.4 Å². The van der Waals surface area contributed by atoms with Crippen molar-refractivity contribution in [1.82, 2.24) is 4.98 Å². The van der Waals surface area contributed by atoms with Crippen molar-refractivity contribution in [3.05, 3.63) is 60.2 Å². The van der Waals surface area contributed by atoms with E-state index >= 15 is 0 Å². The van der Waals surface area contributed by atoms with E-state index < -0.39 is 0 Å². The smallest absolute Gasteiger partial charge is 0.309 e. The summed E-state index contributed by atoms with van der Waals surface area (Å²) in [5.41, 5.74) is 8.82. The summed E-state index contributed by atoms with van der Waals surface area (Å²) in [6.45, 7) is 2.03. The fourth-order valence-electron chi connectivity index (χ4n) is 6.20. The highest BCUT2D eigenvalue weighted by Gasteiger charge is 2.54. The van der Waals surface area contributed by atoms with Gasteiger partial charge in [0.2, 0.25) is 0 Å². The van der Waals surface area contributed by atoms with Gasteiger partial charge in [-0.3, -0.25) is 9.78 Å². The van der Waals surface area contributed by atoms with Crippen molar-refractivity contribution >= 4 is 12.0 Å². The van der Waals surface area contributed by atoms with Crippen molar-refractivity contribution in [3.63, 3.8) is 0 Å². The normalized spacial score (nSPS) is 34.9. The Labute approximate surface area is 182 Å². The SMILES string of the molecule is C[C@H]1OC(=O)[C@@H]2C[C@@H]3C[C@@H](N)CC[C@H]3[C@H](/C=C/c3ccc(-c4cccc(F)c4)cn3)[C@H]12. The largest absolute Gasteiger partial charge is 0.462 e. The molecule has 31 heavy (non-hydrogen) atoms. The third-order valence-corrected chi connectivity index (χ3v) is 7.62. The standard InChI is InChI=1S/C26H29FN2O2/c1-15-25-23(22-9-6-20(28)12-18(22)13-24(25)26(30)31-15)10-8-21-7-5-17(14-29-21)16-3-2-4-19(27)11-16/h2-5,7-8,10-11,14-15,18,20,22-25H,6,9,12-13,28H2,1H3/b10-8+/t15-,18+,20+,22-,23+,24-,25+/m1/s1. The van der Waals surface area contributed by atoms with Gasteiger partial charge in [0.1, 0.15) is 11.9 Å². The van der Waals surface area contributed by atoms with Gasteiger partial charge < -0.3 is 10.5 Å². The third-order valence-electron chi connectivity index (χ3n) is 7.62. The lowest BCUT2D eigenvalue weighted by atomic mass is 9.57. The predicted molar refractivity (Wildman–Crippen MR) is 118 cm³/mol. The Morgan fingerprint density at radius 1 is 1.16 bits per heavy atom. The number of benzene rings is 1. The van der Waals surface area contributed by atoms with Crippen molar-refractivity contribution in [1.29, 1.82) is 0 Å². The molecule has 1 saturated heterocycles. The van der Waals surface area contributed by atoms with Gasteiger partial charge in [-0.1, -0.05) is 24.3 Å². The molecular formula is C26H29FN2O2. The monoisotopic (exact) mass is 420 g/mol. The average molecular weight is 421 g/mol. The van der Waals surface area contributed by atoms with Crippen LogP contribution in [0.5, 0.6) is 0 Å². The number of nitrogens with zero attached hydrogens (tertiary/aromatic N) is 1. The summed E-state index contributed by atoms with van der Waals surface area (Å²) in [5.74, 6) is 1.25. The Hall–Kier alpha value is -2.53. The first-order valence-corrected chi connectivity index (χ1v) is 11.4. The van der Waals surface area contributed by atoms with Gasteiger partial charge in [0.25, 0.3) is 0 Å². The highest BCUT2D eigenvalue weighted by atomic mass is 19.1. The van der Waals surface area contributed by atoms with Crippen LogP contribution in [0.15, 0.2) is 48.7 Å². The quantitative estimate of drug-likeness (QED) is 0.722. The number of esters is 1. The van der Waals surface area contributed by atoms with Crippen molar-refractivity contribution in [2.24, 2.45) is 35.3 Å². The minimum Gasteiger partial charge on any atom is -0.462 e. The van der Waals surface area contributed by atoms with Crippen LogP contribution in [0.1, 0.15) is 38.3 Å². The fourth-order valence-corrected chi connectivity index (χ4v) is 6.20. The van der Waals surface area contributed by atoms with Crippen LogP contribution >= 0.6 is 0 Å². The maximum atomic E-state index is 13.5. The molecule has 5 heteroatoms. The molecule has 4 nitrogen and oxygen atoms in total. The summed E-state index contributed by atoms with van der Waals surface area (Å²) in [6.07, 6.45) is 10.1. The van der Waals surface area contributed by atoms with Gasteiger partial charge in [0.05, 0.1) is 11.6 Å². The van der Waals surface area contributed by atoms with Crippen molar-refractivity contribution < 1.29 is 13.9 Å². The first-order chi connectivity index (χ1) is 15.0. The number of cyclic esters (lactones) is 1. The summed E-state index contributed by atoms with van der Waals surface area (Å²) in [4.78, 5) is 17.1. The van der Waals surface area contributed by atoms with Crippen LogP contribution in [-0.4, -0.2) is 23.1 Å². The van der Waals surface area contributed by atoms with Crippen LogP contribution in [-0.2, 0) is 9.53 Å². The zero-order valence-electron chi connectivity index (χ0n) is 17.8. The van der Waals surface area contributed by atoms with E-state index in [0.717, 1.165) is 42.5 Å². The van der Waals surface area contributed by atoms with E-state index in [-0.39, 0.29) is 35.8 Å². The second-order valence-electron chi connectivity index (χ2n) is 9.48. The number of halogens is 1. The Kier molecular flexibility index (Phi) is 5.39. The number of carbonyl (C=O) groups excluding carboxylic acids is 1. The van der Waals surface area contributed by atoms with Gasteiger partial charge in [-0.2, -0.15) is 0 Å².